The Bertz CT molecular complexity index is 494. The van der Waals surface area contributed by atoms with E-state index in [-0.39, 0.29) is 0 Å². The van der Waals surface area contributed by atoms with Crippen molar-refractivity contribution in [2.45, 2.75) is 33.1 Å². The van der Waals surface area contributed by atoms with Crippen molar-refractivity contribution >= 4 is 16.3 Å². The summed E-state index contributed by atoms with van der Waals surface area (Å²) >= 11 is 1.70. The van der Waals surface area contributed by atoms with Gasteiger partial charge < -0.3 is 5.73 Å². The van der Waals surface area contributed by atoms with Crippen molar-refractivity contribution < 1.29 is 0 Å². The van der Waals surface area contributed by atoms with Crippen LogP contribution in [0.15, 0.2) is 30.3 Å². The first kappa shape index (κ1) is 12.2. The average Bonchev–Trinajstić information content (AvgIpc) is 2.71. The second kappa shape index (κ2) is 4.92. The zero-order valence-electron chi connectivity index (χ0n) is 10.7. The molecule has 17 heavy (non-hydrogen) atoms. The fourth-order valence-corrected chi connectivity index (χ4v) is 2.80. The SMILES string of the molecule is CCc1cc(-c2ccc(C(C)C)cc2)c(N)s1. The molecule has 1 nitrogen and oxygen atoms in total. The smallest absolute Gasteiger partial charge is 0.0938 e. The first-order valence-electron chi connectivity index (χ1n) is 6.10. The van der Waals surface area contributed by atoms with Crippen LogP contribution in [-0.4, -0.2) is 0 Å². The van der Waals surface area contributed by atoms with Gasteiger partial charge in [0.05, 0.1) is 5.00 Å². The van der Waals surface area contributed by atoms with Gasteiger partial charge in [0.15, 0.2) is 0 Å². The number of hydrogen-bond acceptors (Lipinski definition) is 2. The summed E-state index contributed by atoms with van der Waals surface area (Å²) in [6.07, 6.45) is 1.05. The molecule has 2 aromatic rings. The maximum Gasteiger partial charge on any atom is 0.0938 e. The molecule has 0 bridgehead atoms. The molecule has 0 atom stereocenters. The first-order chi connectivity index (χ1) is 8.11. The summed E-state index contributed by atoms with van der Waals surface area (Å²) in [7, 11) is 0. The van der Waals surface area contributed by atoms with Crippen molar-refractivity contribution in [3.05, 3.63) is 40.8 Å². The normalized spacial score (nSPS) is 11.1. The molecule has 0 saturated carbocycles. The minimum atomic E-state index is 0.579. The van der Waals surface area contributed by atoms with E-state index >= 15 is 0 Å². The lowest BCUT2D eigenvalue weighted by atomic mass is 9.99. The highest BCUT2D eigenvalue weighted by atomic mass is 32.1. The van der Waals surface area contributed by atoms with Gasteiger partial charge in [0.1, 0.15) is 0 Å². The van der Waals surface area contributed by atoms with Crippen molar-refractivity contribution in [3.63, 3.8) is 0 Å². The molecule has 0 aliphatic rings. The van der Waals surface area contributed by atoms with Crippen LogP contribution in [0, 0.1) is 0 Å². The molecular formula is C15H19NS. The number of benzene rings is 1. The Morgan fingerprint density at radius 3 is 2.29 bits per heavy atom. The van der Waals surface area contributed by atoms with Gasteiger partial charge in [-0.25, -0.2) is 0 Å². The molecule has 0 aliphatic carbocycles. The van der Waals surface area contributed by atoms with E-state index in [0.29, 0.717) is 5.92 Å². The predicted molar refractivity (Wildman–Crippen MR) is 77.6 cm³/mol. The summed E-state index contributed by atoms with van der Waals surface area (Å²) in [6.45, 7) is 6.59. The molecular weight excluding hydrogens is 226 g/mol. The molecule has 0 unspecified atom stereocenters. The number of aryl methyl sites for hydroxylation is 1. The van der Waals surface area contributed by atoms with Crippen molar-refractivity contribution in [2.75, 3.05) is 5.73 Å². The van der Waals surface area contributed by atoms with Gasteiger partial charge in [-0.1, -0.05) is 45.0 Å². The molecule has 90 valence electrons. The van der Waals surface area contributed by atoms with Crippen molar-refractivity contribution in [3.8, 4) is 11.1 Å². The molecule has 0 saturated heterocycles. The molecule has 0 aliphatic heterocycles. The van der Waals surface area contributed by atoms with E-state index in [0.717, 1.165) is 11.4 Å². The zero-order valence-corrected chi connectivity index (χ0v) is 11.5. The third-order valence-corrected chi connectivity index (χ3v) is 4.16. The minimum Gasteiger partial charge on any atom is -0.390 e. The third kappa shape index (κ3) is 2.52. The maximum absolute atomic E-state index is 6.07. The number of rotatable bonds is 3. The topological polar surface area (TPSA) is 26.0 Å². The minimum absolute atomic E-state index is 0.579. The van der Waals surface area contributed by atoms with Gasteiger partial charge in [-0.05, 0) is 29.5 Å². The lowest BCUT2D eigenvalue weighted by Gasteiger charge is -2.06. The summed E-state index contributed by atoms with van der Waals surface area (Å²) < 4.78 is 0. The van der Waals surface area contributed by atoms with Crippen LogP contribution in [0.25, 0.3) is 11.1 Å². The molecule has 1 aromatic heterocycles. The van der Waals surface area contributed by atoms with Crippen molar-refractivity contribution in [2.24, 2.45) is 0 Å². The van der Waals surface area contributed by atoms with Gasteiger partial charge in [-0.3, -0.25) is 0 Å². The first-order valence-corrected chi connectivity index (χ1v) is 6.92. The predicted octanol–water partition coefficient (Wildman–Crippen LogP) is 4.68. The van der Waals surface area contributed by atoms with Gasteiger partial charge in [0, 0.05) is 10.4 Å². The molecule has 2 heteroatoms. The molecule has 2 N–H and O–H groups in total. The Morgan fingerprint density at radius 2 is 1.82 bits per heavy atom. The van der Waals surface area contributed by atoms with Crippen LogP contribution < -0.4 is 5.73 Å². The van der Waals surface area contributed by atoms with E-state index in [1.54, 1.807) is 11.3 Å². The quantitative estimate of drug-likeness (QED) is 0.834. The van der Waals surface area contributed by atoms with Crippen molar-refractivity contribution in [1.29, 1.82) is 0 Å². The van der Waals surface area contributed by atoms with Gasteiger partial charge >= 0.3 is 0 Å². The highest BCUT2D eigenvalue weighted by Gasteiger charge is 2.08. The standard InChI is InChI=1S/C15H19NS/c1-4-13-9-14(15(16)17-13)12-7-5-11(6-8-12)10(2)3/h5-10H,4,16H2,1-3H3. The summed E-state index contributed by atoms with van der Waals surface area (Å²) in [5.74, 6) is 0.579. The fraction of sp³-hybridized carbons (Fsp3) is 0.333. The van der Waals surface area contributed by atoms with Crippen LogP contribution in [0.5, 0.6) is 0 Å². The second-order valence-corrected chi connectivity index (χ2v) is 5.79. The Labute approximate surface area is 107 Å². The molecule has 1 aromatic carbocycles. The van der Waals surface area contributed by atoms with Gasteiger partial charge in [-0.2, -0.15) is 0 Å². The van der Waals surface area contributed by atoms with E-state index in [1.165, 1.54) is 21.6 Å². The van der Waals surface area contributed by atoms with Crippen LogP contribution in [0.2, 0.25) is 0 Å². The molecule has 0 radical (unpaired) electrons. The van der Waals surface area contributed by atoms with Crippen LogP contribution in [-0.2, 0) is 6.42 Å². The lowest BCUT2D eigenvalue weighted by Crippen LogP contribution is -1.87. The monoisotopic (exact) mass is 245 g/mol. The zero-order chi connectivity index (χ0) is 12.4. The number of nitrogen functional groups attached to an aromatic ring is 1. The average molecular weight is 245 g/mol. The maximum atomic E-state index is 6.07. The summed E-state index contributed by atoms with van der Waals surface area (Å²) in [6, 6.07) is 11.0. The van der Waals surface area contributed by atoms with Gasteiger partial charge in [0.2, 0.25) is 0 Å². The summed E-state index contributed by atoms with van der Waals surface area (Å²) in [5, 5.41) is 0.930. The Balaban J connectivity index is 2.36. The fourth-order valence-electron chi connectivity index (χ4n) is 1.91. The van der Waals surface area contributed by atoms with E-state index in [1.807, 2.05) is 0 Å². The molecule has 1 heterocycles. The van der Waals surface area contributed by atoms with Crippen LogP contribution in [0.3, 0.4) is 0 Å². The third-order valence-electron chi connectivity index (χ3n) is 3.05. The summed E-state index contributed by atoms with van der Waals surface area (Å²) in [5.41, 5.74) is 9.85. The van der Waals surface area contributed by atoms with E-state index < -0.39 is 0 Å². The Morgan fingerprint density at radius 1 is 1.18 bits per heavy atom. The number of thiophene rings is 1. The highest BCUT2D eigenvalue weighted by Crippen LogP contribution is 2.34. The number of hydrogen-bond donors (Lipinski definition) is 1. The van der Waals surface area contributed by atoms with Crippen LogP contribution >= 0.6 is 11.3 Å². The van der Waals surface area contributed by atoms with Gasteiger partial charge in [-0.15, -0.1) is 11.3 Å². The Kier molecular flexibility index (Phi) is 3.53. The summed E-state index contributed by atoms with van der Waals surface area (Å²) in [4.78, 5) is 1.35. The van der Waals surface area contributed by atoms with Crippen LogP contribution in [0.4, 0.5) is 5.00 Å². The Hall–Kier alpha value is -1.28. The lowest BCUT2D eigenvalue weighted by molar-refractivity contribution is 0.867. The number of anilines is 1. The highest BCUT2D eigenvalue weighted by molar-refractivity contribution is 7.16. The van der Waals surface area contributed by atoms with Crippen molar-refractivity contribution in [1.82, 2.24) is 0 Å². The van der Waals surface area contributed by atoms with E-state index in [2.05, 4.69) is 51.1 Å². The largest absolute Gasteiger partial charge is 0.390 e. The molecule has 0 spiro atoms. The van der Waals surface area contributed by atoms with Gasteiger partial charge in [0.25, 0.3) is 0 Å². The molecule has 0 amide bonds. The van der Waals surface area contributed by atoms with E-state index in [9.17, 15) is 0 Å². The second-order valence-electron chi connectivity index (χ2n) is 4.62. The van der Waals surface area contributed by atoms with E-state index in [4.69, 9.17) is 5.73 Å². The van der Waals surface area contributed by atoms with Crippen LogP contribution in [0.1, 0.15) is 37.1 Å². The molecule has 2 rings (SSSR count). The molecule has 0 fully saturated rings. The number of nitrogens with two attached hydrogens (primary N) is 1.